The summed E-state index contributed by atoms with van der Waals surface area (Å²) in [6.07, 6.45) is 4.05. The van der Waals surface area contributed by atoms with E-state index in [1.807, 2.05) is 12.1 Å². The summed E-state index contributed by atoms with van der Waals surface area (Å²) in [6.45, 7) is 21.3. The molecule has 0 amide bonds. The fraction of sp³-hybridized carbons (Fsp3) is 0.529. The topological polar surface area (TPSA) is 87.4 Å². The average molecular weight is 694 g/mol. The molecule has 7 nitrogen and oxygen atoms in total. The van der Waals surface area contributed by atoms with E-state index in [1.54, 1.807) is 24.3 Å². The monoisotopic (exact) mass is 693 g/mol. The van der Waals surface area contributed by atoms with Crippen LogP contribution in [0.2, 0.25) is 0 Å². The predicted octanol–water partition coefficient (Wildman–Crippen LogP) is 4.46. The van der Waals surface area contributed by atoms with Gasteiger partial charge in [0.05, 0.1) is 37.3 Å². The van der Waals surface area contributed by atoms with Crippen LogP contribution in [-0.2, 0) is 0 Å². The van der Waals surface area contributed by atoms with Crippen molar-refractivity contribution < 1.29 is 48.9 Å². The number of nitrogens with zero attached hydrogens (tertiary/aromatic N) is 3. The van der Waals surface area contributed by atoms with Crippen molar-refractivity contribution in [3.63, 3.8) is 0 Å². The molecule has 0 radical (unpaired) electrons. The van der Waals surface area contributed by atoms with Crippen molar-refractivity contribution in [2.75, 3.05) is 62.2 Å². The van der Waals surface area contributed by atoms with Crippen molar-refractivity contribution in [1.82, 2.24) is 0 Å². The minimum atomic E-state index is -0.134. The molecule has 2 aromatic carbocycles. The van der Waals surface area contributed by atoms with E-state index < -0.39 is 0 Å². The second kappa shape index (κ2) is 16.3. The van der Waals surface area contributed by atoms with Crippen LogP contribution in [0.1, 0.15) is 78.4 Å². The maximum atomic E-state index is 11.0. The molecule has 0 saturated carbocycles. The van der Waals surface area contributed by atoms with Gasteiger partial charge in [0.2, 0.25) is 0 Å². The summed E-state index contributed by atoms with van der Waals surface area (Å²) in [5, 5.41) is 43.8. The Morgan fingerprint density at radius 3 is 1.29 bits per heavy atom. The maximum absolute atomic E-state index is 11.0. The summed E-state index contributed by atoms with van der Waals surface area (Å²) in [7, 11) is 0. The van der Waals surface area contributed by atoms with Crippen LogP contribution in [0, 0.1) is 0 Å². The largest absolute Gasteiger partial charge is 1.00 e. The van der Waals surface area contributed by atoms with E-state index in [4.69, 9.17) is 0 Å². The molecule has 0 spiro atoms. The fourth-order valence-electron chi connectivity index (χ4n) is 6.07. The molecule has 0 atom stereocenters. The molecule has 234 valence electrons. The number of allylic oxidation sites excluding steroid dienone is 2. The van der Waals surface area contributed by atoms with Gasteiger partial charge in [0, 0.05) is 67.2 Å². The van der Waals surface area contributed by atoms with Gasteiger partial charge in [-0.3, -0.25) is 0 Å². The lowest BCUT2D eigenvalue weighted by molar-refractivity contribution is -0.923. The van der Waals surface area contributed by atoms with Gasteiger partial charge in [-0.2, -0.15) is 0 Å². The molecule has 8 heteroatoms. The summed E-state index contributed by atoms with van der Waals surface area (Å²) in [6, 6.07) is 10.7. The van der Waals surface area contributed by atoms with Gasteiger partial charge in [-0.25, -0.2) is 0 Å². The molecular weight excluding hydrogens is 641 g/mol. The lowest BCUT2D eigenvalue weighted by atomic mass is 9.83. The number of aliphatic hydroxyl groups excluding tert-OH is 2. The van der Waals surface area contributed by atoms with Crippen LogP contribution in [0.15, 0.2) is 47.9 Å². The SMILES string of the molecule is CCCN(CCC)c1ccc(C2=C(O)C(c3ccc(N(CCC)CCC[N+](CC)(CC)CC)cc3O)=C2O)c(O)c1.[I-]. The Kier molecular flexibility index (Phi) is 13.8. The summed E-state index contributed by atoms with van der Waals surface area (Å²) in [5.74, 6) is -0.263. The predicted molar refractivity (Wildman–Crippen MR) is 172 cm³/mol. The van der Waals surface area contributed by atoms with Crippen molar-refractivity contribution in [2.24, 2.45) is 0 Å². The number of halogens is 1. The molecular formula is C34H52IN3O4. The van der Waals surface area contributed by atoms with Crippen LogP contribution in [0.4, 0.5) is 11.4 Å². The third-order valence-corrected chi connectivity index (χ3v) is 8.73. The Hall–Kier alpha value is -2.59. The number of hydrogen-bond donors (Lipinski definition) is 4. The lowest BCUT2D eigenvalue weighted by Gasteiger charge is -2.36. The first-order chi connectivity index (χ1) is 19.7. The maximum Gasteiger partial charge on any atom is 0.139 e. The van der Waals surface area contributed by atoms with E-state index in [-0.39, 0.29) is 58.1 Å². The summed E-state index contributed by atoms with van der Waals surface area (Å²) >= 11 is 0. The van der Waals surface area contributed by atoms with E-state index in [0.29, 0.717) is 11.1 Å². The Bertz CT molecular complexity index is 1230. The zero-order chi connectivity index (χ0) is 30.2. The number of anilines is 2. The first-order valence-corrected chi connectivity index (χ1v) is 15.6. The van der Waals surface area contributed by atoms with Crippen molar-refractivity contribution in [3.05, 3.63) is 59.0 Å². The highest BCUT2D eigenvalue weighted by Gasteiger charge is 2.34. The smallest absolute Gasteiger partial charge is 0.139 e. The van der Waals surface area contributed by atoms with Crippen molar-refractivity contribution in [3.8, 4) is 11.5 Å². The summed E-state index contributed by atoms with van der Waals surface area (Å²) in [5.41, 5.74) is 2.97. The molecule has 2 aromatic rings. The number of rotatable bonds is 17. The van der Waals surface area contributed by atoms with Gasteiger partial charge in [-0.15, -0.1) is 0 Å². The molecule has 0 unspecified atom stereocenters. The normalized spacial score (nSPS) is 13.2. The van der Waals surface area contributed by atoms with E-state index in [2.05, 4.69) is 51.3 Å². The second-order valence-electron chi connectivity index (χ2n) is 11.2. The van der Waals surface area contributed by atoms with Gasteiger partial charge in [-0.1, -0.05) is 20.8 Å². The minimum Gasteiger partial charge on any atom is -1.00 e. The first kappa shape index (κ1) is 35.6. The van der Waals surface area contributed by atoms with Crippen LogP contribution >= 0.6 is 0 Å². The Balaban J connectivity index is 0.00000616. The Morgan fingerprint density at radius 2 is 0.952 bits per heavy atom. The van der Waals surface area contributed by atoms with Gasteiger partial charge < -0.3 is 58.7 Å². The molecule has 1 aliphatic carbocycles. The van der Waals surface area contributed by atoms with Gasteiger partial charge in [0.1, 0.15) is 23.0 Å². The number of benzene rings is 2. The molecule has 0 heterocycles. The summed E-state index contributed by atoms with van der Waals surface area (Å²) < 4.78 is 1.11. The molecule has 0 fully saturated rings. The van der Waals surface area contributed by atoms with Crippen LogP contribution in [0.25, 0.3) is 11.1 Å². The van der Waals surface area contributed by atoms with Crippen LogP contribution < -0.4 is 33.8 Å². The first-order valence-electron chi connectivity index (χ1n) is 15.6. The van der Waals surface area contributed by atoms with Gasteiger partial charge >= 0.3 is 0 Å². The fourth-order valence-corrected chi connectivity index (χ4v) is 6.07. The van der Waals surface area contributed by atoms with Crippen LogP contribution in [0.3, 0.4) is 0 Å². The molecule has 1 aliphatic rings. The third-order valence-electron chi connectivity index (χ3n) is 8.73. The van der Waals surface area contributed by atoms with Crippen molar-refractivity contribution >= 4 is 22.5 Å². The van der Waals surface area contributed by atoms with E-state index in [0.717, 1.165) is 93.9 Å². The number of aromatic hydroxyl groups is 2. The van der Waals surface area contributed by atoms with Gasteiger partial charge in [0.25, 0.3) is 0 Å². The van der Waals surface area contributed by atoms with E-state index >= 15 is 0 Å². The second-order valence-corrected chi connectivity index (χ2v) is 11.2. The van der Waals surface area contributed by atoms with E-state index in [9.17, 15) is 20.4 Å². The van der Waals surface area contributed by atoms with Crippen molar-refractivity contribution in [1.29, 1.82) is 0 Å². The zero-order valence-electron chi connectivity index (χ0n) is 26.5. The molecule has 0 aliphatic heterocycles. The minimum absolute atomic E-state index is 0. The summed E-state index contributed by atoms with van der Waals surface area (Å²) in [4.78, 5) is 4.52. The molecule has 0 aromatic heterocycles. The number of aliphatic hydroxyl groups is 2. The third kappa shape index (κ3) is 7.67. The number of phenolic OH excluding ortho intramolecular Hbond substituents is 2. The van der Waals surface area contributed by atoms with Crippen LogP contribution in [-0.4, -0.2) is 77.3 Å². The van der Waals surface area contributed by atoms with Crippen molar-refractivity contribution in [2.45, 2.75) is 67.2 Å². The number of phenols is 2. The van der Waals surface area contributed by atoms with E-state index in [1.165, 1.54) is 0 Å². The van der Waals surface area contributed by atoms with Crippen LogP contribution in [0.5, 0.6) is 11.5 Å². The molecule has 0 saturated heterocycles. The highest BCUT2D eigenvalue weighted by atomic mass is 127. The quantitative estimate of drug-likeness (QED) is 0.145. The standard InChI is InChI=1S/C34H51N3O4.HI/c1-7-18-35(19-8-2)25-14-16-27(29(38)23-25)31-33(40)32(34(31)41)28-17-15-26(24-30(28)39)36(20-9-3)21-13-22-37(10-4,11-5)12-6;/h14-17,23-24H,7-13,18-22H2,1-6H3,(H3-,38,39,40,41);1H. The highest BCUT2D eigenvalue weighted by molar-refractivity contribution is 6.08. The van der Waals surface area contributed by atoms with Gasteiger partial charge in [-0.05, 0) is 64.3 Å². The highest BCUT2D eigenvalue weighted by Crippen LogP contribution is 2.49. The number of quaternary nitrogens is 1. The van der Waals surface area contributed by atoms with Gasteiger partial charge in [0.15, 0.2) is 0 Å². The molecule has 4 N–H and O–H groups in total. The lowest BCUT2D eigenvalue weighted by Crippen LogP contribution is -3.00. The molecule has 0 bridgehead atoms. The Morgan fingerprint density at radius 1 is 0.571 bits per heavy atom. The number of hydrogen-bond acceptors (Lipinski definition) is 6. The Labute approximate surface area is 270 Å². The zero-order valence-corrected chi connectivity index (χ0v) is 28.6. The molecule has 42 heavy (non-hydrogen) atoms. The average Bonchev–Trinajstić information content (AvgIpc) is 2.97. The molecule has 3 rings (SSSR count).